The third-order valence-electron chi connectivity index (χ3n) is 7.28. The van der Waals surface area contributed by atoms with E-state index in [-0.39, 0.29) is 18.2 Å². The van der Waals surface area contributed by atoms with E-state index in [2.05, 4.69) is 50.3 Å². The Labute approximate surface area is 226 Å². The van der Waals surface area contributed by atoms with Crippen LogP contribution in [0.15, 0.2) is 67.3 Å². The second-order valence-corrected chi connectivity index (χ2v) is 10.3. The number of ether oxygens (including phenoxy) is 1. The van der Waals surface area contributed by atoms with E-state index in [1.165, 1.54) is 5.56 Å². The van der Waals surface area contributed by atoms with Crippen LogP contribution in [0.25, 0.3) is 21.9 Å². The fourth-order valence-corrected chi connectivity index (χ4v) is 5.24. The number of hydrogen-bond acceptors (Lipinski definition) is 7. The Hall–Kier alpha value is -4.47. The molecule has 3 aromatic heterocycles. The molecule has 0 aliphatic carbocycles. The molecule has 6 rings (SSSR count). The molecule has 10 heteroatoms. The molecular formula is C29H32N8O2. The minimum absolute atomic E-state index is 0.122. The number of rotatable bonds is 6. The van der Waals surface area contributed by atoms with Gasteiger partial charge in [0.05, 0.1) is 42.0 Å². The molecule has 1 amide bonds. The third-order valence-corrected chi connectivity index (χ3v) is 7.28. The maximum absolute atomic E-state index is 12.3. The standard InChI is InChI=1S/C29H32N8O2/c1-20(2)39-29(38)35-13-11-23(12-14-35)37-28-25(17-33-37)27(30-19-31-28)34(3)24-9-10-26-22(15-24)16-32-36(26)18-21-7-5-4-6-8-21/h4-10,15-17,19-20,23H,11-14,18H2,1-3H3. The lowest BCUT2D eigenvalue weighted by atomic mass is 10.1. The van der Waals surface area contributed by atoms with Crippen LogP contribution in [0, 0.1) is 0 Å². The van der Waals surface area contributed by atoms with Gasteiger partial charge in [-0.3, -0.25) is 4.68 Å². The van der Waals surface area contributed by atoms with E-state index in [1.807, 2.05) is 60.9 Å². The lowest BCUT2D eigenvalue weighted by Gasteiger charge is -2.32. The summed E-state index contributed by atoms with van der Waals surface area (Å²) in [6, 6.07) is 16.8. The number of amides is 1. The molecule has 4 heterocycles. The SMILES string of the molecule is CC(C)OC(=O)N1CCC(n2ncc3c(N(C)c4ccc5c(cnn5Cc5ccccc5)c4)ncnc32)CC1. The van der Waals surface area contributed by atoms with Gasteiger partial charge in [-0.1, -0.05) is 30.3 Å². The van der Waals surface area contributed by atoms with Gasteiger partial charge in [-0.2, -0.15) is 10.2 Å². The monoisotopic (exact) mass is 524 g/mol. The van der Waals surface area contributed by atoms with Gasteiger partial charge < -0.3 is 14.5 Å². The number of nitrogens with zero attached hydrogens (tertiary/aromatic N) is 8. The van der Waals surface area contributed by atoms with Crippen molar-refractivity contribution in [2.75, 3.05) is 25.0 Å². The molecule has 5 aromatic rings. The number of fused-ring (bicyclic) bond motifs is 2. The van der Waals surface area contributed by atoms with Crippen molar-refractivity contribution in [3.63, 3.8) is 0 Å². The van der Waals surface area contributed by atoms with Gasteiger partial charge in [-0.05, 0) is 50.5 Å². The molecule has 0 radical (unpaired) electrons. The van der Waals surface area contributed by atoms with Crippen LogP contribution in [-0.2, 0) is 11.3 Å². The average Bonchev–Trinajstić information content (AvgIpc) is 3.57. The molecule has 1 fully saturated rings. The van der Waals surface area contributed by atoms with E-state index < -0.39 is 0 Å². The molecule has 1 aliphatic rings. The van der Waals surface area contributed by atoms with E-state index in [0.717, 1.165) is 52.8 Å². The summed E-state index contributed by atoms with van der Waals surface area (Å²) >= 11 is 0. The van der Waals surface area contributed by atoms with Crippen LogP contribution in [0.5, 0.6) is 0 Å². The summed E-state index contributed by atoms with van der Waals surface area (Å²) in [6.07, 6.45) is 6.57. The zero-order valence-corrected chi connectivity index (χ0v) is 22.4. The first-order chi connectivity index (χ1) is 19.0. The first-order valence-electron chi connectivity index (χ1n) is 13.3. The Morgan fingerprint density at radius 1 is 1.05 bits per heavy atom. The highest BCUT2D eigenvalue weighted by Crippen LogP contribution is 2.32. The summed E-state index contributed by atoms with van der Waals surface area (Å²) in [5, 5.41) is 11.3. The number of anilines is 2. The number of carbonyl (C=O) groups excluding carboxylic acids is 1. The van der Waals surface area contributed by atoms with Gasteiger partial charge in [0.2, 0.25) is 0 Å². The second-order valence-electron chi connectivity index (χ2n) is 10.3. The molecule has 0 bridgehead atoms. The normalized spacial score (nSPS) is 14.4. The molecule has 10 nitrogen and oxygen atoms in total. The molecule has 0 saturated carbocycles. The fourth-order valence-electron chi connectivity index (χ4n) is 5.24. The predicted molar refractivity (Wildman–Crippen MR) is 150 cm³/mol. The molecule has 0 atom stereocenters. The van der Waals surface area contributed by atoms with Gasteiger partial charge in [0, 0.05) is 31.2 Å². The third kappa shape index (κ3) is 4.89. The van der Waals surface area contributed by atoms with E-state index in [1.54, 1.807) is 11.2 Å². The van der Waals surface area contributed by atoms with Gasteiger partial charge in [0.15, 0.2) is 5.65 Å². The van der Waals surface area contributed by atoms with Gasteiger partial charge in [0.1, 0.15) is 12.1 Å². The van der Waals surface area contributed by atoms with Crippen LogP contribution in [0.2, 0.25) is 0 Å². The Kier molecular flexibility index (Phi) is 6.60. The first kappa shape index (κ1) is 24.8. The number of hydrogen-bond donors (Lipinski definition) is 0. The number of aromatic nitrogens is 6. The van der Waals surface area contributed by atoms with Crippen molar-refractivity contribution < 1.29 is 9.53 Å². The van der Waals surface area contributed by atoms with Crippen LogP contribution >= 0.6 is 0 Å². The summed E-state index contributed by atoms with van der Waals surface area (Å²) in [5.74, 6) is 0.792. The molecule has 0 N–H and O–H groups in total. The predicted octanol–water partition coefficient (Wildman–Crippen LogP) is 5.17. The smallest absolute Gasteiger partial charge is 0.410 e. The maximum atomic E-state index is 12.3. The summed E-state index contributed by atoms with van der Waals surface area (Å²) < 4.78 is 9.36. The van der Waals surface area contributed by atoms with Crippen LogP contribution < -0.4 is 4.90 Å². The number of likely N-dealkylation sites (tertiary alicyclic amines) is 1. The minimum Gasteiger partial charge on any atom is -0.447 e. The zero-order chi connectivity index (χ0) is 26.9. The topological polar surface area (TPSA) is 94.2 Å². The lowest BCUT2D eigenvalue weighted by molar-refractivity contribution is 0.0656. The summed E-state index contributed by atoms with van der Waals surface area (Å²) in [5.41, 5.74) is 4.10. The molecule has 2 aromatic carbocycles. The highest BCUT2D eigenvalue weighted by Gasteiger charge is 2.27. The van der Waals surface area contributed by atoms with Crippen LogP contribution in [0.3, 0.4) is 0 Å². The molecule has 39 heavy (non-hydrogen) atoms. The van der Waals surface area contributed by atoms with Crippen molar-refractivity contribution in [2.45, 2.75) is 45.4 Å². The van der Waals surface area contributed by atoms with E-state index in [0.29, 0.717) is 13.1 Å². The summed E-state index contributed by atoms with van der Waals surface area (Å²) in [7, 11) is 2.01. The van der Waals surface area contributed by atoms with Crippen LogP contribution in [0.1, 0.15) is 38.3 Å². The highest BCUT2D eigenvalue weighted by molar-refractivity contribution is 5.91. The molecule has 1 saturated heterocycles. The largest absolute Gasteiger partial charge is 0.447 e. The maximum Gasteiger partial charge on any atom is 0.410 e. The van der Waals surface area contributed by atoms with Crippen molar-refractivity contribution in [1.29, 1.82) is 0 Å². The molecule has 1 aliphatic heterocycles. The molecular weight excluding hydrogens is 492 g/mol. The van der Waals surface area contributed by atoms with Crippen molar-refractivity contribution in [3.05, 3.63) is 72.8 Å². The quantitative estimate of drug-likeness (QED) is 0.302. The number of benzene rings is 2. The molecule has 0 unspecified atom stereocenters. The van der Waals surface area contributed by atoms with Gasteiger partial charge >= 0.3 is 6.09 Å². The van der Waals surface area contributed by atoms with Crippen LogP contribution in [-0.4, -0.2) is 66.8 Å². The van der Waals surface area contributed by atoms with Gasteiger partial charge in [0.25, 0.3) is 0 Å². The van der Waals surface area contributed by atoms with Crippen molar-refractivity contribution in [2.24, 2.45) is 0 Å². The highest BCUT2D eigenvalue weighted by atomic mass is 16.6. The van der Waals surface area contributed by atoms with E-state index in [4.69, 9.17) is 9.84 Å². The number of carbonyl (C=O) groups is 1. The van der Waals surface area contributed by atoms with Crippen molar-refractivity contribution in [1.82, 2.24) is 34.4 Å². The average molecular weight is 525 g/mol. The second kappa shape index (κ2) is 10.4. The van der Waals surface area contributed by atoms with E-state index in [9.17, 15) is 4.79 Å². The Morgan fingerprint density at radius 3 is 2.62 bits per heavy atom. The van der Waals surface area contributed by atoms with Crippen LogP contribution in [0.4, 0.5) is 16.3 Å². The van der Waals surface area contributed by atoms with Gasteiger partial charge in [-0.15, -0.1) is 0 Å². The number of piperidine rings is 1. The Balaban J connectivity index is 1.22. The van der Waals surface area contributed by atoms with Gasteiger partial charge in [-0.25, -0.2) is 19.4 Å². The molecule has 0 spiro atoms. The zero-order valence-electron chi connectivity index (χ0n) is 22.4. The minimum atomic E-state index is -0.248. The summed E-state index contributed by atoms with van der Waals surface area (Å²) in [4.78, 5) is 25.3. The van der Waals surface area contributed by atoms with Crippen molar-refractivity contribution in [3.8, 4) is 0 Å². The lowest BCUT2D eigenvalue weighted by Crippen LogP contribution is -2.40. The Morgan fingerprint density at radius 2 is 1.85 bits per heavy atom. The fraction of sp³-hybridized carbons (Fsp3) is 0.345. The first-order valence-corrected chi connectivity index (χ1v) is 13.3. The van der Waals surface area contributed by atoms with Crippen molar-refractivity contribution >= 4 is 39.5 Å². The summed E-state index contributed by atoms with van der Waals surface area (Å²) in [6.45, 7) is 5.72. The molecule has 200 valence electrons. The van der Waals surface area contributed by atoms with E-state index >= 15 is 0 Å². The Bertz CT molecular complexity index is 1600.